The number of aromatic nitrogens is 1. The van der Waals surface area contributed by atoms with Gasteiger partial charge in [-0.25, -0.2) is 0 Å². The van der Waals surface area contributed by atoms with Crippen LogP contribution >= 0.6 is 0 Å². The molecule has 1 saturated heterocycles. The second-order valence-electron chi connectivity index (χ2n) is 6.45. The van der Waals surface area contributed by atoms with Crippen LogP contribution in [0.3, 0.4) is 0 Å². The largest absolute Gasteiger partial charge is 0.466 e. The van der Waals surface area contributed by atoms with Gasteiger partial charge in [0.05, 0.1) is 23.6 Å². The molecule has 5 heteroatoms. The van der Waals surface area contributed by atoms with E-state index in [9.17, 15) is 9.59 Å². The van der Waals surface area contributed by atoms with Crippen molar-refractivity contribution < 1.29 is 14.3 Å². The molecule has 24 heavy (non-hydrogen) atoms. The number of carbonyl (C=O) groups is 2. The van der Waals surface area contributed by atoms with Gasteiger partial charge >= 0.3 is 5.97 Å². The van der Waals surface area contributed by atoms with E-state index in [4.69, 9.17) is 4.74 Å². The molecule has 2 heterocycles. The normalized spacial score (nSPS) is 18.0. The van der Waals surface area contributed by atoms with E-state index in [0.717, 1.165) is 29.4 Å². The Kier molecular flexibility index (Phi) is 4.60. The van der Waals surface area contributed by atoms with E-state index < -0.39 is 0 Å². The molecule has 1 unspecified atom stereocenters. The maximum Gasteiger partial charge on any atom is 0.310 e. The minimum atomic E-state index is -0.214. The molecule has 1 aromatic heterocycles. The van der Waals surface area contributed by atoms with Gasteiger partial charge in [0.15, 0.2) is 0 Å². The predicted octanol–water partition coefficient (Wildman–Crippen LogP) is 3.20. The molecule has 0 aliphatic carbocycles. The Morgan fingerprint density at radius 3 is 2.88 bits per heavy atom. The number of nitrogens with zero attached hydrogens (tertiary/aromatic N) is 1. The van der Waals surface area contributed by atoms with Gasteiger partial charge in [-0.1, -0.05) is 12.1 Å². The summed E-state index contributed by atoms with van der Waals surface area (Å²) < 4.78 is 5.12. The minimum Gasteiger partial charge on any atom is -0.466 e. The summed E-state index contributed by atoms with van der Waals surface area (Å²) in [6, 6.07) is 5.80. The smallest absolute Gasteiger partial charge is 0.310 e. The van der Waals surface area contributed by atoms with E-state index >= 15 is 0 Å². The van der Waals surface area contributed by atoms with Crippen molar-refractivity contribution in [2.24, 2.45) is 5.92 Å². The summed E-state index contributed by atoms with van der Waals surface area (Å²) in [5.74, 6) is -0.426. The lowest BCUT2D eigenvalue weighted by Crippen LogP contribution is -2.42. The van der Waals surface area contributed by atoms with Crippen molar-refractivity contribution in [3.63, 3.8) is 0 Å². The van der Waals surface area contributed by atoms with Crippen LogP contribution in [0.1, 0.15) is 41.4 Å². The topological polar surface area (TPSA) is 62.4 Å². The summed E-state index contributed by atoms with van der Waals surface area (Å²) in [4.78, 5) is 30.1. The first-order valence-electron chi connectivity index (χ1n) is 8.56. The fourth-order valence-corrected chi connectivity index (χ4v) is 3.45. The summed E-state index contributed by atoms with van der Waals surface area (Å²) >= 11 is 0. The number of para-hydroxylation sites is 1. The summed E-state index contributed by atoms with van der Waals surface area (Å²) in [6.07, 6.45) is 1.61. The van der Waals surface area contributed by atoms with Crippen LogP contribution in [0.4, 0.5) is 0 Å². The lowest BCUT2D eigenvalue weighted by atomic mass is 9.97. The molecule has 2 aromatic rings. The first kappa shape index (κ1) is 16.6. The van der Waals surface area contributed by atoms with E-state index in [1.165, 1.54) is 5.56 Å². The SMILES string of the molecule is CCOC(=O)C1CCCN(C(=O)c2cccc3c(C)c(C)[nH]c23)C1. The van der Waals surface area contributed by atoms with Gasteiger partial charge in [-0.05, 0) is 45.2 Å². The average molecular weight is 328 g/mol. The van der Waals surface area contributed by atoms with Gasteiger partial charge in [0, 0.05) is 24.2 Å². The molecule has 0 bridgehead atoms. The Labute approximate surface area is 142 Å². The molecule has 1 fully saturated rings. The molecule has 5 nitrogen and oxygen atoms in total. The van der Waals surface area contributed by atoms with Gasteiger partial charge in [-0.2, -0.15) is 0 Å². The molecule has 1 N–H and O–H groups in total. The Balaban J connectivity index is 1.86. The van der Waals surface area contributed by atoms with Crippen LogP contribution in [0.15, 0.2) is 18.2 Å². The van der Waals surface area contributed by atoms with Gasteiger partial charge in [-0.3, -0.25) is 9.59 Å². The van der Waals surface area contributed by atoms with Crippen LogP contribution in [0.25, 0.3) is 10.9 Å². The van der Waals surface area contributed by atoms with Crippen molar-refractivity contribution in [1.82, 2.24) is 9.88 Å². The first-order valence-corrected chi connectivity index (χ1v) is 8.56. The molecule has 1 atom stereocenters. The van der Waals surface area contributed by atoms with E-state index in [1.807, 2.05) is 25.1 Å². The lowest BCUT2D eigenvalue weighted by molar-refractivity contribution is -0.149. The Hall–Kier alpha value is -2.30. The molecule has 1 aliphatic rings. The van der Waals surface area contributed by atoms with Gasteiger partial charge in [0.1, 0.15) is 0 Å². The lowest BCUT2D eigenvalue weighted by Gasteiger charge is -2.31. The molecule has 1 aromatic carbocycles. The third kappa shape index (κ3) is 2.90. The zero-order chi connectivity index (χ0) is 17.3. The minimum absolute atomic E-state index is 0.0177. The summed E-state index contributed by atoms with van der Waals surface area (Å²) in [5, 5.41) is 1.08. The number of fused-ring (bicyclic) bond motifs is 1. The van der Waals surface area contributed by atoms with E-state index in [-0.39, 0.29) is 17.8 Å². The van der Waals surface area contributed by atoms with Crippen LogP contribution in [0, 0.1) is 19.8 Å². The van der Waals surface area contributed by atoms with E-state index in [2.05, 4.69) is 11.9 Å². The zero-order valence-electron chi connectivity index (χ0n) is 14.5. The Morgan fingerprint density at radius 1 is 1.33 bits per heavy atom. The van der Waals surface area contributed by atoms with Gasteiger partial charge in [-0.15, -0.1) is 0 Å². The number of benzene rings is 1. The number of ether oxygens (including phenoxy) is 1. The van der Waals surface area contributed by atoms with Crippen LogP contribution in [-0.4, -0.2) is 41.5 Å². The van der Waals surface area contributed by atoms with Crippen molar-refractivity contribution in [2.45, 2.75) is 33.6 Å². The van der Waals surface area contributed by atoms with E-state index in [1.54, 1.807) is 11.8 Å². The fourth-order valence-electron chi connectivity index (χ4n) is 3.45. The fraction of sp³-hybridized carbons (Fsp3) is 0.474. The molecule has 1 amide bonds. The van der Waals surface area contributed by atoms with Crippen LogP contribution < -0.4 is 0 Å². The number of esters is 1. The van der Waals surface area contributed by atoms with Gasteiger partial charge in [0.25, 0.3) is 5.91 Å². The average Bonchev–Trinajstić information content (AvgIpc) is 2.89. The second-order valence-corrected chi connectivity index (χ2v) is 6.45. The number of hydrogen-bond acceptors (Lipinski definition) is 3. The highest BCUT2D eigenvalue weighted by Crippen LogP contribution is 2.27. The van der Waals surface area contributed by atoms with Crippen molar-refractivity contribution >= 4 is 22.8 Å². The molecule has 3 rings (SSSR count). The molecule has 0 saturated carbocycles. The van der Waals surface area contributed by atoms with Crippen molar-refractivity contribution in [2.75, 3.05) is 19.7 Å². The number of nitrogens with one attached hydrogen (secondary N) is 1. The van der Waals surface area contributed by atoms with Crippen LogP contribution in [-0.2, 0) is 9.53 Å². The number of piperidine rings is 1. The number of amides is 1. The number of aryl methyl sites for hydroxylation is 2. The van der Waals surface area contributed by atoms with Gasteiger partial charge in [0.2, 0.25) is 0 Å². The zero-order valence-corrected chi connectivity index (χ0v) is 14.5. The number of carbonyl (C=O) groups excluding carboxylic acids is 2. The number of likely N-dealkylation sites (tertiary alicyclic amines) is 1. The maximum absolute atomic E-state index is 13.0. The highest BCUT2D eigenvalue weighted by molar-refractivity contribution is 6.06. The number of rotatable bonds is 3. The maximum atomic E-state index is 13.0. The van der Waals surface area contributed by atoms with Crippen LogP contribution in [0.2, 0.25) is 0 Å². The highest BCUT2D eigenvalue weighted by Gasteiger charge is 2.30. The number of H-pyrrole nitrogens is 1. The molecule has 128 valence electrons. The molecular weight excluding hydrogens is 304 g/mol. The third-order valence-corrected chi connectivity index (χ3v) is 4.90. The predicted molar refractivity (Wildman–Crippen MR) is 93.0 cm³/mol. The quantitative estimate of drug-likeness (QED) is 0.880. The summed E-state index contributed by atoms with van der Waals surface area (Å²) in [5.41, 5.74) is 3.81. The van der Waals surface area contributed by atoms with Crippen molar-refractivity contribution in [1.29, 1.82) is 0 Å². The van der Waals surface area contributed by atoms with Crippen molar-refractivity contribution in [3.05, 3.63) is 35.0 Å². The van der Waals surface area contributed by atoms with Gasteiger partial charge < -0.3 is 14.6 Å². The summed E-state index contributed by atoms with van der Waals surface area (Å²) in [7, 11) is 0. The molecular formula is C19H24N2O3. The van der Waals surface area contributed by atoms with Crippen molar-refractivity contribution in [3.8, 4) is 0 Å². The number of hydrogen-bond donors (Lipinski definition) is 1. The Bertz CT molecular complexity index is 778. The number of aromatic amines is 1. The summed E-state index contributed by atoms with van der Waals surface area (Å²) in [6.45, 7) is 7.38. The second kappa shape index (κ2) is 6.67. The monoisotopic (exact) mass is 328 g/mol. The molecule has 0 radical (unpaired) electrons. The van der Waals surface area contributed by atoms with Crippen LogP contribution in [0.5, 0.6) is 0 Å². The molecule has 0 spiro atoms. The highest BCUT2D eigenvalue weighted by atomic mass is 16.5. The standard InChI is InChI=1S/C19H24N2O3/c1-4-24-19(23)14-7-6-10-21(11-14)18(22)16-9-5-8-15-12(2)13(3)20-17(15)16/h5,8-9,14,20H,4,6-7,10-11H2,1-3H3. The molecule has 1 aliphatic heterocycles. The third-order valence-electron chi connectivity index (χ3n) is 4.90. The Morgan fingerprint density at radius 2 is 2.12 bits per heavy atom. The van der Waals surface area contributed by atoms with E-state index in [0.29, 0.717) is 25.3 Å². The first-order chi connectivity index (χ1) is 11.5.